The van der Waals surface area contributed by atoms with Gasteiger partial charge in [0.15, 0.2) is 169 Å². The lowest BCUT2D eigenvalue weighted by Gasteiger charge is -2.46. The average molecular weight is 1560 g/mol. The minimum atomic E-state index is -3.90. The highest BCUT2D eigenvalue weighted by Gasteiger charge is 2.66. The molecule has 2 fully saturated rings. The summed E-state index contributed by atoms with van der Waals surface area (Å²) < 4.78 is 65.1. The van der Waals surface area contributed by atoms with Gasteiger partial charge in [0.2, 0.25) is 12.1 Å². The number of hydrogen-bond donors (Lipinski definition) is 24. The molecular formula is C68H54O43. The Morgan fingerprint density at radius 3 is 0.757 bits per heavy atom. The molecular weight excluding hydrogens is 1500 g/mol. The summed E-state index contributed by atoms with van der Waals surface area (Å²) in [5, 5.41) is 251. The van der Waals surface area contributed by atoms with Crippen LogP contribution in [0.1, 0.15) is 82.9 Å². The summed E-state index contributed by atoms with van der Waals surface area (Å²) in [7, 11) is 0. The van der Waals surface area contributed by atoms with E-state index in [-0.39, 0.29) is 0 Å². The number of carbonyl (C=O) groups excluding carboxylic acids is 8. The van der Waals surface area contributed by atoms with Crippen molar-refractivity contribution in [2.75, 3.05) is 19.8 Å². The minimum absolute atomic E-state index is 0.357. The third kappa shape index (κ3) is 16.1. The van der Waals surface area contributed by atoms with Crippen LogP contribution in [0, 0.1) is 0 Å². The predicted octanol–water partition coefficient (Wildman–Crippen LogP) is 2.46. The number of phenols is 24. The molecule has 43 heteroatoms. The van der Waals surface area contributed by atoms with Crippen LogP contribution in [0.3, 0.4) is 0 Å². The second-order valence-electron chi connectivity index (χ2n) is 23.6. The first-order chi connectivity index (χ1) is 52.1. The molecule has 43 nitrogen and oxygen atoms in total. The maximum absolute atomic E-state index is 15.0. The van der Waals surface area contributed by atoms with Gasteiger partial charge in [-0.3, -0.25) is 0 Å². The molecule has 0 saturated carbocycles. The summed E-state index contributed by atoms with van der Waals surface area (Å²) in [6.45, 7) is -5.24. The molecule has 24 N–H and O–H groups in total. The highest BCUT2D eigenvalue weighted by atomic mass is 16.8. The highest BCUT2D eigenvalue weighted by molar-refractivity contribution is 5.96. The summed E-state index contributed by atoms with van der Waals surface area (Å²) in [5.41, 5.74) is -8.09. The Kier molecular flexibility index (Phi) is 21.5. The maximum atomic E-state index is 15.0. The molecule has 0 spiro atoms. The number of rotatable bonds is 21. The Morgan fingerprint density at radius 1 is 0.261 bits per heavy atom. The first-order valence-corrected chi connectivity index (χ1v) is 30.7. The van der Waals surface area contributed by atoms with Gasteiger partial charge in [0.05, 0.1) is 44.5 Å². The third-order valence-electron chi connectivity index (χ3n) is 16.2. The lowest BCUT2D eigenvalue weighted by molar-refractivity contribution is -0.380. The molecule has 0 unspecified atom stereocenters. The number of carbonyl (C=O) groups is 8. The number of phenolic OH excluding ortho intramolecular Hbond substituents is 24. The fraction of sp³-hybridized carbons (Fsp3) is 0.176. The second kappa shape index (κ2) is 30.6. The Morgan fingerprint density at radius 2 is 0.477 bits per heavy atom. The zero-order valence-electron chi connectivity index (χ0n) is 55.0. The van der Waals surface area contributed by atoms with E-state index < -0.39 is 305 Å². The van der Waals surface area contributed by atoms with Gasteiger partial charge in [0, 0.05) is 0 Å². The van der Waals surface area contributed by atoms with Crippen molar-refractivity contribution in [3.05, 3.63) is 142 Å². The van der Waals surface area contributed by atoms with Crippen molar-refractivity contribution in [2.24, 2.45) is 0 Å². The second-order valence-corrected chi connectivity index (χ2v) is 23.6. The maximum Gasteiger partial charge on any atom is 0.339 e. The van der Waals surface area contributed by atoms with E-state index in [0.717, 1.165) is 0 Å². The first-order valence-electron chi connectivity index (χ1n) is 30.7. The number of benzene rings is 8. The molecule has 8 aromatic carbocycles. The van der Waals surface area contributed by atoms with Gasteiger partial charge in [-0.25, -0.2) is 38.4 Å². The normalized spacial score (nSPS) is 19.2. The minimum Gasteiger partial charge on any atom is -0.504 e. The first kappa shape index (κ1) is 78.2. The van der Waals surface area contributed by atoms with E-state index in [9.17, 15) is 161 Å². The number of esters is 8. The average Bonchev–Trinajstić information content (AvgIpc) is 1.60. The zero-order chi connectivity index (χ0) is 81.4. The molecule has 0 radical (unpaired) electrons. The molecule has 8 aromatic rings. The molecule has 0 aromatic heterocycles. The standard InChI is InChI=1S/C68H54O43/c69-28-1-20(2-29(70)46(28)85)59(93)101-17-44-54(105-62(96)23-7-34(75)49(88)35(76)8-23)56(107-64(98)25-11-38(79)51(90)39(80)12-25)57(108-65(99)26-13-40(81)52(91)41(82)14-26)67(104-44)111-68(19-103-61(95)22-5-32(73)48(87)33(74)6-22)58(109-66(100)27-15-42(83)53(92)43(84)16-27)55(106-63(97)24-9-36(77)50(89)37(78)10-24)45(110-68)18-102-60(94)21-3-30(71)47(86)31(72)4-21/h1-16,44-45,54-58,67,69-92H,17-19H2/t44-,45-,54-,55-,56+,57-,58+,67-,68+/m1/s1. The molecule has 9 atom stereocenters. The molecule has 0 aliphatic carbocycles. The van der Waals surface area contributed by atoms with Gasteiger partial charge >= 0.3 is 47.8 Å². The van der Waals surface area contributed by atoms with Crippen molar-refractivity contribution in [1.29, 1.82) is 0 Å². The van der Waals surface area contributed by atoms with Crippen molar-refractivity contribution < 1.29 is 213 Å². The molecule has 111 heavy (non-hydrogen) atoms. The molecule has 0 amide bonds. The predicted molar refractivity (Wildman–Crippen MR) is 346 cm³/mol. The lowest BCUT2D eigenvalue weighted by Crippen LogP contribution is -2.66. The van der Waals surface area contributed by atoms with Crippen LogP contribution in [-0.2, 0) is 52.1 Å². The van der Waals surface area contributed by atoms with Gasteiger partial charge in [0.1, 0.15) is 32.0 Å². The Bertz CT molecular complexity index is 4940. The zero-order valence-corrected chi connectivity index (χ0v) is 55.0. The van der Waals surface area contributed by atoms with Gasteiger partial charge in [-0.1, -0.05) is 0 Å². The SMILES string of the molecule is O=C(OC[C@H]1O[C@@](COC(=O)c2cc(O)c(O)c(O)c2)(O[C@H]2O[C@H](COC(=O)c3cc(O)c(O)c(O)c3)[C@@H](OC(=O)c3cc(O)c(O)c(O)c3)[C@H](OC(=O)c3cc(O)c(O)c(O)c3)[C@H]2OC(=O)c2cc(O)c(O)c(O)c2)[C@@H](OC(=O)c2cc(O)c(O)c(O)c2)[C@@H]1OC(=O)c1cc(O)c(O)c(O)c1)c1cc(O)c(O)c(O)c1. The van der Waals surface area contributed by atoms with Gasteiger partial charge in [0.25, 0.3) is 0 Å². The monoisotopic (exact) mass is 1560 g/mol. The van der Waals surface area contributed by atoms with Crippen LogP contribution in [0.25, 0.3) is 0 Å². The van der Waals surface area contributed by atoms with Crippen LogP contribution in [0.4, 0.5) is 0 Å². The van der Waals surface area contributed by atoms with Gasteiger partial charge in [-0.2, -0.15) is 0 Å². The molecule has 2 aliphatic heterocycles. The van der Waals surface area contributed by atoms with Gasteiger partial charge in [-0.05, 0) is 97.1 Å². The van der Waals surface area contributed by atoms with E-state index in [1.165, 1.54) is 0 Å². The van der Waals surface area contributed by atoms with Crippen LogP contribution >= 0.6 is 0 Å². The van der Waals surface area contributed by atoms with Crippen LogP contribution < -0.4 is 0 Å². The molecule has 2 aliphatic rings. The van der Waals surface area contributed by atoms with Crippen molar-refractivity contribution in [1.82, 2.24) is 0 Å². The van der Waals surface area contributed by atoms with Crippen LogP contribution in [0.15, 0.2) is 97.1 Å². The largest absolute Gasteiger partial charge is 0.504 e. The summed E-state index contributed by atoms with van der Waals surface area (Å²) in [4.78, 5) is 117. The van der Waals surface area contributed by atoms with Crippen LogP contribution in [0.5, 0.6) is 138 Å². The van der Waals surface area contributed by atoms with Crippen LogP contribution in [0.2, 0.25) is 0 Å². The fourth-order valence-electron chi connectivity index (χ4n) is 10.7. The summed E-state index contributed by atoms with van der Waals surface area (Å²) in [6, 6.07) is 6.57. The van der Waals surface area contributed by atoms with E-state index in [0.29, 0.717) is 97.1 Å². The van der Waals surface area contributed by atoms with Crippen molar-refractivity contribution in [3.63, 3.8) is 0 Å². The fourth-order valence-corrected chi connectivity index (χ4v) is 10.7. The molecule has 2 heterocycles. The number of ether oxygens (including phenoxy) is 11. The number of aromatic hydroxyl groups is 24. The molecule has 0 bridgehead atoms. The Hall–Kier alpha value is -15.4. The smallest absolute Gasteiger partial charge is 0.339 e. The molecule has 2 saturated heterocycles. The number of hydrogen-bond acceptors (Lipinski definition) is 43. The third-order valence-corrected chi connectivity index (χ3v) is 16.2. The van der Waals surface area contributed by atoms with E-state index in [1.807, 2.05) is 0 Å². The summed E-state index contributed by atoms with van der Waals surface area (Å²) in [6.07, 6.45) is -23.6. The van der Waals surface area contributed by atoms with Gasteiger partial charge < -0.3 is 175 Å². The van der Waals surface area contributed by atoms with Crippen molar-refractivity contribution in [2.45, 2.75) is 54.8 Å². The van der Waals surface area contributed by atoms with E-state index in [1.54, 1.807) is 0 Å². The highest BCUT2D eigenvalue weighted by Crippen LogP contribution is 2.48. The Labute approximate surface area is 613 Å². The lowest BCUT2D eigenvalue weighted by atomic mass is 9.97. The van der Waals surface area contributed by atoms with Crippen LogP contribution in [-0.4, -0.2) is 245 Å². The van der Waals surface area contributed by atoms with E-state index in [2.05, 4.69) is 0 Å². The summed E-state index contributed by atoms with van der Waals surface area (Å²) >= 11 is 0. The van der Waals surface area contributed by atoms with Crippen molar-refractivity contribution >= 4 is 47.8 Å². The van der Waals surface area contributed by atoms with E-state index >= 15 is 0 Å². The molecule has 10 rings (SSSR count). The van der Waals surface area contributed by atoms with Crippen molar-refractivity contribution in [3.8, 4) is 138 Å². The quantitative estimate of drug-likeness (QED) is 0.0279. The topological polar surface area (TPSA) is 724 Å². The molecule has 584 valence electrons. The van der Waals surface area contributed by atoms with E-state index in [4.69, 9.17) is 52.1 Å². The Balaban J connectivity index is 1.26. The van der Waals surface area contributed by atoms with Gasteiger partial charge in [-0.15, -0.1) is 0 Å². The summed E-state index contributed by atoms with van der Waals surface area (Å²) in [5.74, 6) is -49.6.